The average Bonchev–Trinajstić information content (AvgIpc) is 2.24. The molecule has 0 saturated heterocycles. The first-order valence-electron chi connectivity index (χ1n) is 5.69. The summed E-state index contributed by atoms with van der Waals surface area (Å²) in [6.45, 7) is 3.32. The van der Waals surface area contributed by atoms with E-state index in [1.54, 1.807) is 0 Å². The zero-order valence-corrected chi connectivity index (χ0v) is 11.6. The minimum atomic E-state index is 0.514. The maximum atomic E-state index is 5.95. The molecule has 0 bridgehead atoms. The smallest absolute Gasteiger partial charge is 0.0408 e. The summed E-state index contributed by atoms with van der Waals surface area (Å²) in [5, 5.41) is 4.35. The Hall–Kier alpha value is -0.180. The first kappa shape index (κ1) is 13.9. The van der Waals surface area contributed by atoms with Crippen LogP contribution in [-0.2, 0) is 6.42 Å². The summed E-state index contributed by atoms with van der Waals surface area (Å²) in [6, 6.07) is 8.62. The van der Waals surface area contributed by atoms with Crippen molar-refractivity contribution in [2.24, 2.45) is 0 Å². The highest BCUT2D eigenvalue weighted by Gasteiger charge is 2.02. The highest BCUT2D eigenvalue weighted by Crippen LogP contribution is 2.12. The number of benzene rings is 1. The topological polar surface area (TPSA) is 12.0 Å². The van der Waals surface area contributed by atoms with E-state index >= 15 is 0 Å². The molecule has 0 fully saturated rings. The van der Waals surface area contributed by atoms with Crippen LogP contribution in [0.2, 0.25) is 5.02 Å². The molecule has 1 unspecified atom stereocenters. The normalized spacial score (nSPS) is 12.7. The maximum Gasteiger partial charge on any atom is 0.0408 e. The molecule has 0 radical (unpaired) electrons. The van der Waals surface area contributed by atoms with Crippen LogP contribution in [0.25, 0.3) is 0 Å². The first-order valence-corrected chi connectivity index (χ1v) is 7.46. The van der Waals surface area contributed by atoms with Gasteiger partial charge in [-0.2, -0.15) is 11.8 Å². The Morgan fingerprint density at radius 2 is 2.25 bits per heavy atom. The molecular formula is C13H20ClNS. The molecule has 3 heteroatoms. The van der Waals surface area contributed by atoms with E-state index in [1.165, 1.54) is 17.7 Å². The van der Waals surface area contributed by atoms with Crippen molar-refractivity contribution in [1.82, 2.24) is 5.32 Å². The third kappa shape index (κ3) is 5.78. The molecule has 90 valence electrons. The van der Waals surface area contributed by atoms with Crippen molar-refractivity contribution in [2.75, 3.05) is 18.6 Å². The van der Waals surface area contributed by atoms with E-state index in [9.17, 15) is 0 Å². The lowest BCUT2D eigenvalue weighted by molar-refractivity contribution is 0.545. The van der Waals surface area contributed by atoms with E-state index in [4.69, 9.17) is 11.6 Å². The monoisotopic (exact) mass is 257 g/mol. The van der Waals surface area contributed by atoms with Crippen LogP contribution in [0.3, 0.4) is 0 Å². The summed E-state index contributed by atoms with van der Waals surface area (Å²) in [7, 11) is 0. The van der Waals surface area contributed by atoms with Crippen LogP contribution < -0.4 is 5.32 Å². The van der Waals surface area contributed by atoms with Crippen molar-refractivity contribution < 1.29 is 0 Å². The van der Waals surface area contributed by atoms with Crippen LogP contribution in [-0.4, -0.2) is 24.6 Å². The molecule has 1 atom stereocenters. The van der Waals surface area contributed by atoms with Crippen LogP contribution in [0.1, 0.15) is 18.9 Å². The zero-order valence-electron chi connectivity index (χ0n) is 10.0. The highest BCUT2D eigenvalue weighted by molar-refractivity contribution is 7.98. The fourth-order valence-corrected chi connectivity index (χ4v) is 2.30. The predicted octanol–water partition coefficient (Wildman–Crippen LogP) is 3.61. The molecule has 0 amide bonds. The molecule has 0 heterocycles. The molecule has 1 nitrogen and oxygen atoms in total. The fourth-order valence-electron chi connectivity index (χ4n) is 1.65. The lowest BCUT2D eigenvalue weighted by atomic mass is 10.1. The second-order valence-corrected chi connectivity index (χ2v) is 5.46. The van der Waals surface area contributed by atoms with E-state index < -0.39 is 0 Å². The Labute approximate surface area is 108 Å². The van der Waals surface area contributed by atoms with Crippen molar-refractivity contribution in [3.8, 4) is 0 Å². The second-order valence-electron chi connectivity index (χ2n) is 4.04. The number of nitrogens with one attached hydrogen (secondary N) is 1. The van der Waals surface area contributed by atoms with Gasteiger partial charge < -0.3 is 5.32 Å². The third-order valence-electron chi connectivity index (χ3n) is 2.45. The van der Waals surface area contributed by atoms with Crippen molar-refractivity contribution in [3.05, 3.63) is 34.9 Å². The summed E-state index contributed by atoms with van der Waals surface area (Å²) in [6.07, 6.45) is 4.43. The summed E-state index contributed by atoms with van der Waals surface area (Å²) in [5.74, 6) is 1.23. The van der Waals surface area contributed by atoms with Gasteiger partial charge in [-0.1, -0.05) is 23.7 Å². The van der Waals surface area contributed by atoms with E-state index in [2.05, 4.69) is 24.6 Å². The maximum absolute atomic E-state index is 5.95. The van der Waals surface area contributed by atoms with Crippen molar-refractivity contribution in [2.45, 2.75) is 25.8 Å². The van der Waals surface area contributed by atoms with E-state index in [0.717, 1.165) is 18.0 Å². The predicted molar refractivity (Wildman–Crippen MR) is 75.6 cm³/mol. The van der Waals surface area contributed by atoms with Crippen LogP contribution in [0.4, 0.5) is 0 Å². The number of hydrogen-bond donors (Lipinski definition) is 1. The summed E-state index contributed by atoms with van der Waals surface area (Å²) in [5.41, 5.74) is 1.30. The summed E-state index contributed by atoms with van der Waals surface area (Å²) in [4.78, 5) is 0. The zero-order chi connectivity index (χ0) is 11.8. The van der Waals surface area contributed by atoms with E-state index in [-0.39, 0.29) is 0 Å². The molecular weight excluding hydrogens is 238 g/mol. The lowest BCUT2D eigenvalue weighted by Gasteiger charge is -2.13. The Morgan fingerprint density at radius 3 is 2.94 bits per heavy atom. The molecule has 0 saturated carbocycles. The Bertz CT molecular complexity index is 304. The standard InChI is InChI=1S/C13H20ClNS/c1-11(15-7-4-8-16-2)9-12-5-3-6-13(14)10-12/h3,5-6,10-11,15H,4,7-9H2,1-2H3. The van der Waals surface area contributed by atoms with Gasteiger partial charge in [-0.25, -0.2) is 0 Å². The van der Waals surface area contributed by atoms with Gasteiger partial charge in [-0.15, -0.1) is 0 Å². The molecule has 1 aromatic rings. The van der Waals surface area contributed by atoms with Gasteiger partial charge in [-0.3, -0.25) is 0 Å². The fraction of sp³-hybridized carbons (Fsp3) is 0.538. The Morgan fingerprint density at radius 1 is 1.44 bits per heavy atom. The van der Waals surface area contributed by atoms with Gasteiger partial charge in [0.1, 0.15) is 0 Å². The number of rotatable bonds is 7. The molecule has 0 aliphatic rings. The van der Waals surface area contributed by atoms with Crippen LogP contribution >= 0.6 is 23.4 Å². The molecule has 16 heavy (non-hydrogen) atoms. The minimum Gasteiger partial charge on any atom is -0.314 e. The molecule has 0 spiro atoms. The average molecular weight is 258 g/mol. The molecule has 0 aliphatic heterocycles. The van der Waals surface area contributed by atoms with Gasteiger partial charge in [0.15, 0.2) is 0 Å². The van der Waals surface area contributed by atoms with Gasteiger partial charge in [0.2, 0.25) is 0 Å². The first-order chi connectivity index (χ1) is 7.72. The van der Waals surface area contributed by atoms with Crippen molar-refractivity contribution in [3.63, 3.8) is 0 Å². The van der Waals surface area contributed by atoms with E-state index in [1.807, 2.05) is 30.0 Å². The van der Waals surface area contributed by atoms with Crippen LogP contribution in [0, 0.1) is 0 Å². The quantitative estimate of drug-likeness (QED) is 0.749. The largest absolute Gasteiger partial charge is 0.314 e. The highest BCUT2D eigenvalue weighted by atomic mass is 35.5. The minimum absolute atomic E-state index is 0.514. The third-order valence-corrected chi connectivity index (χ3v) is 3.38. The van der Waals surface area contributed by atoms with Crippen LogP contribution in [0.15, 0.2) is 24.3 Å². The van der Waals surface area contributed by atoms with Crippen molar-refractivity contribution in [1.29, 1.82) is 0 Å². The van der Waals surface area contributed by atoms with Gasteiger partial charge in [-0.05, 0) is 56.0 Å². The van der Waals surface area contributed by atoms with Crippen LogP contribution in [0.5, 0.6) is 0 Å². The lowest BCUT2D eigenvalue weighted by Crippen LogP contribution is -2.29. The Kier molecular flexibility index (Phi) is 6.93. The Balaban J connectivity index is 2.25. The number of halogens is 1. The summed E-state index contributed by atoms with van der Waals surface area (Å²) < 4.78 is 0. The van der Waals surface area contributed by atoms with Gasteiger partial charge >= 0.3 is 0 Å². The molecule has 0 aromatic heterocycles. The molecule has 1 N–H and O–H groups in total. The summed E-state index contributed by atoms with van der Waals surface area (Å²) >= 11 is 7.85. The number of thioether (sulfide) groups is 1. The van der Waals surface area contributed by atoms with Gasteiger partial charge in [0.05, 0.1) is 0 Å². The molecule has 0 aliphatic carbocycles. The van der Waals surface area contributed by atoms with Gasteiger partial charge in [0.25, 0.3) is 0 Å². The second kappa shape index (κ2) is 7.99. The van der Waals surface area contributed by atoms with Gasteiger partial charge in [0, 0.05) is 11.1 Å². The van der Waals surface area contributed by atoms with E-state index in [0.29, 0.717) is 6.04 Å². The van der Waals surface area contributed by atoms with Crippen molar-refractivity contribution >= 4 is 23.4 Å². The molecule has 1 aromatic carbocycles. The molecule has 1 rings (SSSR count). The SMILES string of the molecule is CSCCCNC(C)Cc1cccc(Cl)c1. The number of hydrogen-bond acceptors (Lipinski definition) is 2.